The van der Waals surface area contributed by atoms with Crippen molar-refractivity contribution < 1.29 is 8.42 Å². The zero-order valence-electron chi connectivity index (χ0n) is 10.7. The van der Waals surface area contributed by atoms with Crippen LogP contribution in [-0.4, -0.2) is 36.0 Å². The van der Waals surface area contributed by atoms with Gasteiger partial charge in [-0.15, -0.1) is 5.10 Å². The van der Waals surface area contributed by atoms with E-state index in [0.717, 1.165) is 6.26 Å². The SMILES string of the molecule is CCNc1nn(-c2ccncc2)c(N)c1S(C)(=O)=O. The lowest BCUT2D eigenvalue weighted by atomic mass is 10.4. The maximum Gasteiger partial charge on any atom is 0.182 e. The van der Waals surface area contributed by atoms with E-state index in [1.807, 2.05) is 6.92 Å². The molecule has 7 nitrogen and oxygen atoms in total. The standard InChI is InChI=1S/C11H15N5O2S/c1-3-14-11-9(19(2,17)18)10(12)16(15-11)8-4-6-13-7-5-8/h4-7H,3,12H2,1-2H3,(H,14,15). The Labute approximate surface area is 111 Å². The quantitative estimate of drug-likeness (QED) is 0.854. The fraction of sp³-hybridized carbons (Fsp3) is 0.273. The molecule has 2 aromatic rings. The van der Waals surface area contributed by atoms with Gasteiger partial charge in [-0.3, -0.25) is 4.98 Å². The minimum Gasteiger partial charge on any atom is -0.382 e. The first kappa shape index (κ1) is 13.3. The molecule has 0 unspecified atom stereocenters. The lowest BCUT2D eigenvalue weighted by molar-refractivity contribution is 0.602. The van der Waals surface area contributed by atoms with E-state index in [-0.39, 0.29) is 16.5 Å². The molecule has 19 heavy (non-hydrogen) atoms. The predicted molar refractivity (Wildman–Crippen MR) is 73.0 cm³/mol. The summed E-state index contributed by atoms with van der Waals surface area (Å²) in [5.41, 5.74) is 6.57. The molecule has 2 heterocycles. The Hall–Kier alpha value is -2.09. The number of nitrogens with zero attached hydrogens (tertiary/aromatic N) is 3. The van der Waals surface area contributed by atoms with Gasteiger partial charge in [-0.2, -0.15) is 0 Å². The van der Waals surface area contributed by atoms with Crippen molar-refractivity contribution in [3.8, 4) is 5.69 Å². The Balaban J connectivity index is 2.66. The molecule has 0 bridgehead atoms. The van der Waals surface area contributed by atoms with Crippen LogP contribution >= 0.6 is 0 Å². The molecule has 0 aromatic carbocycles. The average molecular weight is 281 g/mol. The molecule has 0 fully saturated rings. The average Bonchev–Trinajstić information content (AvgIpc) is 2.67. The summed E-state index contributed by atoms with van der Waals surface area (Å²) in [4.78, 5) is 3.92. The fourth-order valence-corrected chi connectivity index (χ4v) is 2.68. The molecule has 0 saturated heterocycles. The van der Waals surface area contributed by atoms with E-state index in [9.17, 15) is 8.42 Å². The molecular formula is C11H15N5O2S. The van der Waals surface area contributed by atoms with Crippen molar-refractivity contribution in [3.63, 3.8) is 0 Å². The van der Waals surface area contributed by atoms with Gasteiger partial charge in [-0.25, -0.2) is 13.1 Å². The van der Waals surface area contributed by atoms with Crippen LogP contribution in [0.5, 0.6) is 0 Å². The van der Waals surface area contributed by atoms with Gasteiger partial charge in [0.05, 0.1) is 5.69 Å². The van der Waals surface area contributed by atoms with E-state index in [1.54, 1.807) is 24.5 Å². The van der Waals surface area contributed by atoms with Crippen LogP contribution in [0.2, 0.25) is 0 Å². The Bertz CT molecular complexity index is 679. The Morgan fingerprint density at radius 2 is 2.00 bits per heavy atom. The third-order valence-corrected chi connectivity index (χ3v) is 3.64. The van der Waals surface area contributed by atoms with Crippen molar-refractivity contribution >= 4 is 21.5 Å². The second-order valence-electron chi connectivity index (χ2n) is 3.98. The summed E-state index contributed by atoms with van der Waals surface area (Å²) in [5.74, 6) is 0.351. The van der Waals surface area contributed by atoms with Crippen molar-refractivity contribution in [2.75, 3.05) is 23.9 Å². The van der Waals surface area contributed by atoms with Crippen molar-refractivity contribution in [3.05, 3.63) is 24.5 Å². The Kier molecular flexibility index (Phi) is 3.43. The first-order chi connectivity index (χ1) is 8.95. The molecule has 0 atom stereocenters. The first-order valence-electron chi connectivity index (χ1n) is 5.68. The lowest BCUT2D eigenvalue weighted by Crippen LogP contribution is -2.06. The molecule has 102 valence electrons. The molecule has 2 rings (SSSR count). The third-order valence-electron chi connectivity index (χ3n) is 2.50. The topological polar surface area (TPSA) is 103 Å². The van der Waals surface area contributed by atoms with Crippen LogP contribution in [0.25, 0.3) is 5.69 Å². The first-order valence-corrected chi connectivity index (χ1v) is 7.57. The van der Waals surface area contributed by atoms with Gasteiger partial charge in [-0.1, -0.05) is 0 Å². The largest absolute Gasteiger partial charge is 0.382 e. The highest BCUT2D eigenvalue weighted by molar-refractivity contribution is 7.91. The van der Waals surface area contributed by atoms with Gasteiger partial charge in [-0.05, 0) is 19.1 Å². The number of anilines is 2. The summed E-state index contributed by atoms with van der Waals surface area (Å²) < 4.78 is 25.0. The monoisotopic (exact) mass is 281 g/mol. The third kappa shape index (κ3) is 2.53. The van der Waals surface area contributed by atoms with Crippen LogP contribution in [0.4, 0.5) is 11.6 Å². The Morgan fingerprint density at radius 3 is 2.53 bits per heavy atom. The minimum atomic E-state index is -3.46. The molecule has 2 aromatic heterocycles. The summed E-state index contributed by atoms with van der Waals surface area (Å²) in [6.45, 7) is 2.41. The molecule has 3 N–H and O–H groups in total. The van der Waals surface area contributed by atoms with Gasteiger partial charge < -0.3 is 11.1 Å². The second kappa shape index (κ2) is 4.88. The van der Waals surface area contributed by atoms with Gasteiger partial charge in [0.1, 0.15) is 5.82 Å². The zero-order valence-corrected chi connectivity index (χ0v) is 11.5. The number of pyridine rings is 1. The highest BCUT2D eigenvalue weighted by Gasteiger charge is 2.24. The lowest BCUT2D eigenvalue weighted by Gasteiger charge is -2.03. The summed E-state index contributed by atoms with van der Waals surface area (Å²) in [5, 5.41) is 7.12. The van der Waals surface area contributed by atoms with Crippen LogP contribution in [0.3, 0.4) is 0 Å². The molecule has 0 radical (unpaired) electrons. The number of hydrogen-bond donors (Lipinski definition) is 2. The Morgan fingerprint density at radius 1 is 1.37 bits per heavy atom. The van der Waals surface area contributed by atoms with Crippen LogP contribution in [0.15, 0.2) is 29.4 Å². The smallest absolute Gasteiger partial charge is 0.182 e. The van der Waals surface area contributed by atoms with Gasteiger partial charge in [0.2, 0.25) is 0 Å². The molecule has 0 aliphatic heterocycles. The molecule has 0 saturated carbocycles. The van der Waals surface area contributed by atoms with E-state index in [2.05, 4.69) is 15.4 Å². The highest BCUT2D eigenvalue weighted by Crippen LogP contribution is 2.29. The zero-order chi connectivity index (χ0) is 14.0. The van der Waals surface area contributed by atoms with Crippen molar-refractivity contribution in [2.45, 2.75) is 11.8 Å². The van der Waals surface area contributed by atoms with Crippen molar-refractivity contribution in [1.82, 2.24) is 14.8 Å². The molecule has 0 aliphatic carbocycles. The van der Waals surface area contributed by atoms with Crippen molar-refractivity contribution in [1.29, 1.82) is 0 Å². The maximum absolute atomic E-state index is 11.8. The van der Waals surface area contributed by atoms with E-state index in [4.69, 9.17) is 5.73 Å². The van der Waals surface area contributed by atoms with E-state index in [1.165, 1.54) is 4.68 Å². The van der Waals surface area contributed by atoms with Crippen LogP contribution in [0.1, 0.15) is 6.92 Å². The second-order valence-corrected chi connectivity index (χ2v) is 5.94. The minimum absolute atomic E-state index is 0.0196. The number of nitrogen functional groups attached to an aromatic ring is 1. The van der Waals surface area contributed by atoms with Crippen LogP contribution < -0.4 is 11.1 Å². The number of hydrogen-bond acceptors (Lipinski definition) is 6. The molecular weight excluding hydrogens is 266 g/mol. The van der Waals surface area contributed by atoms with Gasteiger partial charge in [0.15, 0.2) is 20.6 Å². The maximum atomic E-state index is 11.8. The summed E-state index contributed by atoms with van der Waals surface area (Å²) in [6.07, 6.45) is 4.28. The van der Waals surface area contributed by atoms with E-state index >= 15 is 0 Å². The summed E-state index contributed by atoms with van der Waals surface area (Å²) >= 11 is 0. The van der Waals surface area contributed by atoms with Crippen molar-refractivity contribution in [2.24, 2.45) is 0 Å². The molecule has 8 heteroatoms. The predicted octanol–water partition coefficient (Wildman–Crippen LogP) is 0.685. The van der Waals surface area contributed by atoms with E-state index in [0.29, 0.717) is 12.2 Å². The molecule has 0 amide bonds. The number of sulfone groups is 1. The van der Waals surface area contributed by atoms with Crippen LogP contribution in [0, 0.1) is 0 Å². The number of nitrogens with two attached hydrogens (primary N) is 1. The molecule has 0 aliphatic rings. The molecule has 0 spiro atoms. The van der Waals surface area contributed by atoms with E-state index < -0.39 is 9.84 Å². The normalized spacial score (nSPS) is 11.5. The highest BCUT2D eigenvalue weighted by atomic mass is 32.2. The van der Waals surface area contributed by atoms with Gasteiger partial charge in [0.25, 0.3) is 0 Å². The number of rotatable bonds is 4. The number of nitrogens with one attached hydrogen (secondary N) is 1. The summed E-state index contributed by atoms with van der Waals surface area (Å²) in [6, 6.07) is 3.40. The number of aromatic nitrogens is 3. The fourth-order valence-electron chi connectivity index (χ4n) is 1.75. The van der Waals surface area contributed by atoms with Gasteiger partial charge in [0, 0.05) is 25.2 Å². The van der Waals surface area contributed by atoms with Crippen LogP contribution in [-0.2, 0) is 9.84 Å². The van der Waals surface area contributed by atoms with Gasteiger partial charge >= 0.3 is 0 Å². The summed E-state index contributed by atoms with van der Waals surface area (Å²) in [7, 11) is -3.46.